The van der Waals surface area contributed by atoms with Crippen LogP contribution in [-0.4, -0.2) is 9.13 Å². The molecule has 0 spiro atoms. The lowest BCUT2D eigenvalue weighted by Gasteiger charge is -2.18. The van der Waals surface area contributed by atoms with Crippen molar-refractivity contribution in [3.63, 3.8) is 0 Å². The summed E-state index contributed by atoms with van der Waals surface area (Å²) in [6, 6.07) is 7.86. The number of aromatic nitrogens is 2. The van der Waals surface area contributed by atoms with Gasteiger partial charge in [0, 0.05) is 24.7 Å². The first-order valence-electron chi connectivity index (χ1n) is 6.91. The smallest absolute Gasteiger partial charge is 0.293 e. The van der Waals surface area contributed by atoms with E-state index in [2.05, 4.69) is 0 Å². The SMILES string of the molecule is CCc1c(-c2ccccc2C)n(CC)c(=O)n(C)c1=O. The van der Waals surface area contributed by atoms with Crippen LogP contribution < -0.4 is 11.2 Å². The Morgan fingerprint density at radius 1 is 1.10 bits per heavy atom. The summed E-state index contributed by atoms with van der Waals surface area (Å²) in [5, 5.41) is 0. The molecule has 0 aliphatic rings. The molecular weight excluding hydrogens is 252 g/mol. The van der Waals surface area contributed by atoms with Crippen molar-refractivity contribution in [2.45, 2.75) is 33.7 Å². The van der Waals surface area contributed by atoms with E-state index in [1.54, 1.807) is 4.57 Å². The molecule has 2 aromatic rings. The number of rotatable bonds is 3. The van der Waals surface area contributed by atoms with Gasteiger partial charge >= 0.3 is 5.69 Å². The van der Waals surface area contributed by atoms with Gasteiger partial charge in [-0.2, -0.15) is 0 Å². The third kappa shape index (κ3) is 2.11. The van der Waals surface area contributed by atoms with Crippen LogP contribution in [0.3, 0.4) is 0 Å². The van der Waals surface area contributed by atoms with Crippen LogP contribution in [0.5, 0.6) is 0 Å². The number of hydrogen-bond acceptors (Lipinski definition) is 2. The maximum Gasteiger partial charge on any atom is 0.331 e. The highest BCUT2D eigenvalue weighted by atomic mass is 16.2. The van der Waals surface area contributed by atoms with Crippen LogP contribution in [0, 0.1) is 6.92 Å². The van der Waals surface area contributed by atoms with Crippen LogP contribution in [0.4, 0.5) is 0 Å². The Bertz CT molecular complexity index is 715. The molecule has 4 heteroatoms. The summed E-state index contributed by atoms with van der Waals surface area (Å²) in [6.45, 7) is 6.41. The molecule has 0 amide bonds. The number of hydrogen-bond donors (Lipinski definition) is 0. The van der Waals surface area contributed by atoms with E-state index in [-0.39, 0.29) is 11.2 Å². The lowest BCUT2D eigenvalue weighted by Crippen LogP contribution is -2.40. The molecule has 0 saturated heterocycles. The summed E-state index contributed by atoms with van der Waals surface area (Å²) in [6.07, 6.45) is 0.608. The van der Waals surface area contributed by atoms with Crippen LogP contribution in [0.2, 0.25) is 0 Å². The Labute approximate surface area is 118 Å². The van der Waals surface area contributed by atoms with Crippen LogP contribution in [0.1, 0.15) is 25.0 Å². The minimum Gasteiger partial charge on any atom is -0.293 e. The van der Waals surface area contributed by atoms with E-state index in [0.717, 1.165) is 16.8 Å². The standard InChI is InChI=1S/C16H20N2O2/c1-5-12-14(13-10-8-7-9-11(13)3)18(6-2)16(20)17(4)15(12)19/h7-10H,5-6H2,1-4H3. The Morgan fingerprint density at radius 3 is 2.30 bits per heavy atom. The average molecular weight is 272 g/mol. The second-order valence-corrected chi connectivity index (χ2v) is 4.89. The van der Waals surface area contributed by atoms with Crippen LogP contribution in [0.25, 0.3) is 11.3 Å². The minimum absolute atomic E-state index is 0.194. The normalized spacial score (nSPS) is 10.8. The monoisotopic (exact) mass is 272 g/mol. The second-order valence-electron chi connectivity index (χ2n) is 4.89. The quantitative estimate of drug-likeness (QED) is 0.859. The van der Waals surface area contributed by atoms with Crippen molar-refractivity contribution in [1.29, 1.82) is 0 Å². The fourth-order valence-corrected chi connectivity index (χ4v) is 2.59. The van der Waals surface area contributed by atoms with Gasteiger partial charge in [0.25, 0.3) is 5.56 Å². The molecule has 0 aliphatic heterocycles. The molecule has 4 nitrogen and oxygen atoms in total. The largest absolute Gasteiger partial charge is 0.331 e. The fourth-order valence-electron chi connectivity index (χ4n) is 2.59. The zero-order valence-electron chi connectivity index (χ0n) is 12.4. The molecule has 0 N–H and O–H groups in total. The van der Waals surface area contributed by atoms with Gasteiger partial charge in [-0.1, -0.05) is 31.2 Å². The predicted octanol–water partition coefficient (Wildman–Crippen LogP) is 2.10. The van der Waals surface area contributed by atoms with Crippen molar-refractivity contribution < 1.29 is 0 Å². The fraction of sp³-hybridized carbons (Fsp3) is 0.375. The van der Waals surface area contributed by atoms with Gasteiger partial charge < -0.3 is 0 Å². The van der Waals surface area contributed by atoms with Gasteiger partial charge in [-0.05, 0) is 25.8 Å². The van der Waals surface area contributed by atoms with E-state index in [1.807, 2.05) is 45.0 Å². The predicted molar refractivity (Wildman–Crippen MR) is 81.2 cm³/mol. The van der Waals surface area contributed by atoms with Crippen LogP contribution >= 0.6 is 0 Å². The van der Waals surface area contributed by atoms with Gasteiger partial charge in [-0.15, -0.1) is 0 Å². The van der Waals surface area contributed by atoms with Crippen molar-refractivity contribution in [2.75, 3.05) is 0 Å². The van der Waals surface area contributed by atoms with E-state index in [9.17, 15) is 9.59 Å². The van der Waals surface area contributed by atoms with Crippen molar-refractivity contribution in [1.82, 2.24) is 9.13 Å². The molecule has 0 bridgehead atoms. The summed E-state index contributed by atoms with van der Waals surface area (Å²) >= 11 is 0. The molecule has 2 rings (SSSR count). The number of benzene rings is 1. The first kappa shape index (κ1) is 14.3. The van der Waals surface area contributed by atoms with E-state index in [1.165, 1.54) is 11.6 Å². The van der Waals surface area contributed by atoms with Gasteiger partial charge in [0.05, 0.1) is 5.69 Å². The lowest BCUT2D eigenvalue weighted by atomic mass is 10.00. The molecule has 1 heterocycles. The molecule has 0 radical (unpaired) electrons. The van der Waals surface area contributed by atoms with E-state index < -0.39 is 0 Å². The maximum atomic E-state index is 12.3. The molecule has 0 fully saturated rings. The van der Waals surface area contributed by atoms with E-state index in [0.29, 0.717) is 18.5 Å². The molecule has 106 valence electrons. The molecule has 20 heavy (non-hydrogen) atoms. The molecule has 0 saturated carbocycles. The highest BCUT2D eigenvalue weighted by Crippen LogP contribution is 2.24. The molecule has 1 aromatic carbocycles. The third-order valence-electron chi connectivity index (χ3n) is 3.71. The first-order chi connectivity index (χ1) is 9.52. The molecular formula is C16H20N2O2. The Kier molecular flexibility index (Phi) is 3.93. The van der Waals surface area contributed by atoms with Gasteiger partial charge in [0.1, 0.15) is 0 Å². The third-order valence-corrected chi connectivity index (χ3v) is 3.71. The average Bonchev–Trinajstić information content (AvgIpc) is 2.45. The molecule has 0 unspecified atom stereocenters. The maximum absolute atomic E-state index is 12.3. The first-order valence-corrected chi connectivity index (χ1v) is 6.91. The van der Waals surface area contributed by atoms with Crippen molar-refractivity contribution >= 4 is 0 Å². The van der Waals surface area contributed by atoms with Gasteiger partial charge in [-0.3, -0.25) is 13.9 Å². The Balaban J connectivity index is 2.99. The summed E-state index contributed by atoms with van der Waals surface area (Å²) in [5.74, 6) is 0. The Hall–Kier alpha value is -2.10. The zero-order valence-corrected chi connectivity index (χ0v) is 12.4. The van der Waals surface area contributed by atoms with Crippen molar-refractivity contribution in [3.05, 3.63) is 56.2 Å². The topological polar surface area (TPSA) is 44.0 Å². The van der Waals surface area contributed by atoms with Crippen molar-refractivity contribution in [3.8, 4) is 11.3 Å². The van der Waals surface area contributed by atoms with Gasteiger partial charge in [0.15, 0.2) is 0 Å². The lowest BCUT2D eigenvalue weighted by molar-refractivity contribution is 0.625. The number of nitrogens with zero attached hydrogens (tertiary/aromatic N) is 2. The molecule has 0 aliphatic carbocycles. The van der Waals surface area contributed by atoms with Crippen molar-refractivity contribution in [2.24, 2.45) is 7.05 Å². The summed E-state index contributed by atoms with van der Waals surface area (Å²) < 4.78 is 2.88. The van der Waals surface area contributed by atoms with E-state index in [4.69, 9.17) is 0 Å². The summed E-state index contributed by atoms with van der Waals surface area (Å²) in [7, 11) is 1.54. The highest BCUT2D eigenvalue weighted by Gasteiger charge is 2.17. The molecule has 0 atom stereocenters. The summed E-state index contributed by atoms with van der Waals surface area (Å²) in [4.78, 5) is 24.7. The van der Waals surface area contributed by atoms with E-state index >= 15 is 0 Å². The Morgan fingerprint density at radius 2 is 1.75 bits per heavy atom. The summed E-state index contributed by atoms with van der Waals surface area (Å²) in [5.41, 5.74) is 3.04. The van der Waals surface area contributed by atoms with Gasteiger partial charge in [-0.25, -0.2) is 4.79 Å². The van der Waals surface area contributed by atoms with Crippen LogP contribution in [-0.2, 0) is 20.0 Å². The minimum atomic E-state index is -0.257. The van der Waals surface area contributed by atoms with Crippen LogP contribution in [0.15, 0.2) is 33.9 Å². The van der Waals surface area contributed by atoms with Gasteiger partial charge in [0.2, 0.25) is 0 Å². The highest BCUT2D eigenvalue weighted by molar-refractivity contribution is 5.66. The second kappa shape index (κ2) is 5.49. The zero-order chi connectivity index (χ0) is 14.9. The molecule has 1 aromatic heterocycles. The number of aryl methyl sites for hydroxylation is 1.